The van der Waals surface area contributed by atoms with E-state index in [-0.39, 0.29) is 18.9 Å². The van der Waals surface area contributed by atoms with Crippen molar-refractivity contribution in [1.29, 1.82) is 0 Å². The maximum Gasteiger partial charge on any atom is 0.312 e. The zero-order chi connectivity index (χ0) is 18.4. The molecule has 26 heavy (non-hydrogen) atoms. The van der Waals surface area contributed by atoms with Gasteiger partial charge in [0, 0.05) is 22.9 Å². The van der Waals surface area contributed by atoms with Crippen LogP contribution in [0, 0.1) is 6.92 Å². The van der Waals surface area contributed by atoms with Crippen LogP contribution in [-0.2, 0) is 27.3 Å². The van der Waals surface area contributed by atoms with Crippen LogP contribution in [0.2, 0.25) is 0 Å². The molecule has 0 saturated heterocycles. The lowest BCUT2D eigenvalue weighted by atomic mass is 10.1. The first-order valence-electron chi connectivity index (χ1n) is 8.05. The van der Waals surface area contributed by atoms with Gasteiger partial charge in [0.25, 0.3) is 5.91 Å². The maximum atomic E-state index is 11.9. The van der Waals surface area contributed by atoms with Gasteiger partial charge >= 0.3 is 5.97 Å². The molecular weight excluding hydrogens is 368 g/mol. The highest BCUT2D eigenvalue weighted by Crippen LogP contribution is 2.25. The molecule has 0 aliphatic heterocycles. The molecule has 1 aromatic carbocycles. The standard InChI is InChI=1S/C19H18N2O3S2/c1-13-4-2-3-5-14(13)9-20-17(22)10-24-18(23)8-16-12-26-19(21-16)15-6-7-25-11-15/h2-7,11-12H,8-10H2,1H3,(H,20,22). The van der Waals surface area contributed by atoms with E-state index in [1.54, 1.807) is 11.3 Å². The second-order valence-electron chi connectivity index (χ2n) is 5.70. The number of nitrogens with one attached hydrogen (secondary N) is 1. The van der Waals surface area contributed by atoms with Gasteiger partial charge in [0.15, 0.2) is 6.61 Å². The molecule has 0 spiro atoms. The number of benzene rings is 1. The summed E-state index contributed by atoms with van der Waals surface area (Å²) in [5.41, 5.74) is 3.85. The fraction of sp³-hybridized carbons (Fsp3) is 0.211. The first-order chi connectivity index (χ1) is 12.6. The number of ether oxygens (including phenoxy) is 1. The molecule has 0 bridgehead atoms. The third-order valence-electron chi connectivity index (χ3n) is 3.75. The molecule has 0 saturated carbocycles. The number of rotatable bonds is 7. The Morgan fingerprint density at radius 1 is 1.19 bits per heavy atom. The molecule has 7 heteroatoms. The molecule has 5 nitrogen and oxygen atoms in total. The number of carbonyl (C=O) groups is 2. The Morgan fingerprint density at radius 2 is 2.04 bits per heavy atom. The number of aryl methyl sites for hydroxylation is 1. The van der Waals surface area contributed by atoms with Gasteiger partial charge < -0.3 is 10.1 Å². The SMILES string of the molecule is Cc1ccccc1CNC(=O)COC(=O)Cc1csc(-c2ccsc2)n1. The molecule has 134 valence electrons. The number of nitrogens with zero attached hydrogens (tertiary/aromatic N) is 1. The molecule has 0 aliphatic carbocycles. The van der Waals surface area contributed by atoms with E-state index in [1.807, 2.05) is 53.4 Å². The molecule has 3 aromatic rings. The molecule has 0 atom stereocenters. The number of esters is 1. The summed E-state index contributed by atoms with van der Waals surface area (Å²) in [5.74, 6) is -0.781. The molecule has 1 N–H and O–H groups in total. The molecule has 0 unspecified atom stereocenters. The first kappa shape index (κ1) is 18.3. The van der Waals surface area contributed by atoms with Crippen LogP contribution in [0.1, 0.15) is 16.8 Å². The third-order valence-corrected chi connectivity index (χ3v) is 5.37. The summed E-state index contributed by atoms with van der Waals surface area (Å²) >= 11 is 3.09. The van der Waals surface area contributed by atoms with E-state index in [0.29, 0.717) is 12.2 Å². The highest BCUT2D eigenvalue weighted by Gasteiger charge is 2.12. The van der Waals surface area contributed by atoms with Crippen LogP contribution in [-0.4, -0.2) is 23.5 Å². The van der Waals surface area contributed by atoms with E-state index >= 15 is 0 Å². The van der Waals surface area contributed by atoms with Crippen molar-refractivity contribution >= 4 is 34.6 Å². The van der Waals surface area contributed by atoms with E-state index in [1.165, 1.54) is 11.3 Å². The predicted octanol–water partition coefficient (Wildman–Crippen LogP) is 3.58. The smallest absolute Gasteiger partial charge is 0.312 e. The van der Waals surface area contributed by atoms with Crippen molar-refractivity contribution in [2.24, 2.45) is 0 Å². The van der Waals surface area contributed by atoms with E-state index in [4.69, 9.17) is 4.74 Å². The number of hydrogen-bond acceptors (Lipinski definition) is 6. The van der Waals surface area contributed by atoms with Crippen LogP contribution in [0.5, 0.6) is 0 Å². The van der Waals surface area contributed by atoms with E-state index in [0.717, 1.165) is 21.7 Å². The highest BCUT2D eigenvalue weighted by atomic mass is 32.1. The summed E-state index contributed by atoms with van der Waals surface area (Å²) in [6.07, 6.45) is 0.0612. The minimum atomic E-state index is -0.460. The van der Waals surface area contributed by atoms with Crippen LogP contribution in [0.15, 0.2) is 46.5 Å². The van der Waals surface area contributed by atoms with Crippen molar-refractivity contribution in [3.63, 3.8) is 0 Å². The molecule has 0 radical (unpaired) electrons. The average Bonchev–Trinajstić information content (AvgIpc) is 3.30. The second-order valence-corrected chi connectivity index (χ2v) is 7.33. The van der Waals surface area contributed by atoms with Crippen LogP contribution >= 0.6 is 22.7 Å². The van der Waals surface area contributed by atoms with Gasteiger partial charge in [-0.1, -0.05) is 24.3 Å². The number of amides is 1. The van der Waals surface area contributed by atoms with Crippen molar-refractivity contribution in [3.8, 4) is 10.6 Å². The zero-order valence-corrected chi connectivity index (χ0v) is 15.9. The molecule has 2 heterocycles. The fourth-order valence-corrected chi connectivity index (χ4v) is 3.84. The summed E-state index contributed by atoms with van der Waals surface area (Å²) in [6, 6.07) is 9.80. The topological polar surface area (TPSA) is 68.3 Å². The summed E-state index contributed by atoms with van der Waals surface area (Å²) in [4.78, 5) is 28.2. The lowest BCUT2D eigenvalue weighted by Crippen LogP contribution is -2.28. The second kappa shape index (κ2) is 8.73. The van der Waals surface area contributed by atoms with Crippen molar-refractivity contribution in [2.75, 3.05) is 6.61 Å². The Kier molecular flexibility index (Phi) is 6.14. The lowest BCUT2D eigenvalue weighted by Gasteiger charge is -2.08. The Labute approximate surface area is 159 Å². The number of aromatic nitrogens is 1. The number of carbonyl (C=O) groups excluding carboxylic acids is 2. The van der Waals surface area contributed by atoms with Gasteiger partial charge in [0.1, 0.15) is 5.01 Å². The minimum Gasteiger partial charge on any atom is -0.455 e. The average molecular weight is 386 g/mol. The number of thiophene rings is 1. The van der Waals surface area contributed by atoms with E-state index < -0.39 is 5.97 Å². The summed E-state index contributed by atoms with van der Waals surface area (Å²) in [5, 5.41) is 9.47. The van der Waals surface area contributed by atoms with E-state index in [2.05, 4.69) is 10.3 Å². The van der Waals surface area contributed by atoms with Crippen molar-refractivity contribution in [2.45, 2.75) is 19.9 Å². The molecule has 2 aromatic heterocycles. The molecule has 3 rings (SSSR count). The minimum absolute atomic E-state index is 0.0612. The van der Waals surface area contributed by atoms with Gasteiger partial charge in [-0.05, 0) is 29.5 Å². The summed E-state index contributed by atoms with van der Waals surface area (Å²) in [7, 11) is 0. The lowest BCUT2D eigenvalue weighted by molar-refractivity contribution is -0.147. The Bertz CT molecular complexity index is 888. The van der Waals surface area contributed by atoms with E-state index in [9.17, 15) is 9.59 Å². The monoisotopic (exact) mass is 386 g/mol. The normalized spacial score (nSPS) is 10.5. The predicted molar refractivity (Wildman–Crippen MR) is 103 cm³/mol. The zero-order valence-electron chi connectivity index (χ0n) is 14.2. The molecule has 0 aliphatic rings. The van der Waals surface area contributed by atoms with Crippen molar-refractivity contribution < 1.29 is 14.3 Å². The summed E-state index contributed by atoms with van der Waals surface area (Å²) < 4.78 is 5.04. The van der Waals surface area contributed by atoms with Crippen molar-refractivity contribution in [3.05, 3.63) is 63.3 Å². The maximum absolute atomic E-state index is 11.9. The Balaban J connectivity index is 1.42. The molecule has 0 fully saturated rings. The number of thiazole rings is 1. The van der Waals surface area contributed by atoms with Gasteiger partial charge in [0.05, 0.1) is 12.1 Å². The van der Waals surface area contributed by atoms with Gasteiger partial charge in [-0.3, -0.25) is 9.59 Å². The van der Waals surface area contributed by atoms with Crippen LogP contribution < -0.4 is 5.32 Å². The summed E-state index contributed by atoms with van der Waals surface area (Å²) in [6.45, 7) is 2.12. The van der Waals surface area contributed by atoms with Gasteiger partial charge in [-0.2, -0.15) is 11.3 Å². The molecule has 1 amide bonds. The number of hydrogen-bond donors (Lipinski definition) is 1. The quantitative estimate of drug-likeness (QED) is 0.630. The van der Waals surface area contributed by atoms with Crippen LogP contribution in [0.3, 0.4) is 0 Å². The first-order valence-corrected chi connectivity index (χ1v) is 9.88. The molecular formula is C19H18N2O3S2. The largest absolute Gasteiger partial charge is 0.455 e. The van der Waals surface area contributed by atoms with Crippen LogP contribution in [0.25, 0.3) is 10.6 Å². The van der Waals surface area contributed by atoms with Crippen molar-refractivity contribution in [1.82, 2.24) is 10.3 Å². The van der Waals surface area contributed by atoms with Gasteiger partial charge in [0.2, 0.25) is 0 Å². The third kappa shape index (κ3) is 5.00. The Hall–Kier alpha value is -2.51. The van der Waals surface area contributed by atoms with Crippen LogP contribution in [0.4, 0.5) is 0 Å². The van der Waals surface area contributed by atoms with Gasteiger partial charge in [-0.25, -0.2) is 4.98 Å². The Morgan fingerprint density at radius 3 is 2.81 bits per heavy atom. The fourth-order valence-electron chi connectivity index (χ4n) is 2.31. The van der Waals surface area contributed by atoms with Gasteiger partial charge in [-0.15, -0.1) is 11.3 Å². The highest BCUT2D eigenvalue weighted by molar-refractivity contribution is 7.14.